The number of rotatable bonds is 24. The molecule has 0 spiro atoms. The van der Waals surface area contributed by atoms with Gasteiger partial charge in [0.2, 0.25) is 41.4 Å². The molecule has 4 rings (SSSR count). The average molecular weight is 1380 g/mol. The third-order valence-electron chi connectivity index (χ3n) is 14.0. The van der Waals surface area contributed by atoms with Gasteiger partial charge in [0, 0.05) is 19.6 Å². The second-order valence-corrected chi connectivity index (χ2v) is 21.8. The highest BCUT2D eigenvalue weighted by Gasteiger charge is 2.40. The fraction of sp³-hybridized carbons (Fsp3) is 0.443. The number of carboxylic acid groups (broad SMARTS) is 2. The minimum Gasteiger partial charge on any atom is -0.481 e. The van der Waals surface area contributed by atoms with Crippen molar-refractivity contribution < 1.29 is 112 Å². The van der Waals surface area contributed by atoms with E-state index < -0.39 is 201 Å². The molecule has 0 bridgehead atoms. The number of nitrogens with two attached hydrogens (primary N) is 1. The van der Waals surface area contributed by atoms with Gasteiger partial charge in [-0.15, -0.1) is 11.6 Å². The maximum atomic E-state index is 14.7. The normalized spacial score (nSPS) is 21.9. The topological polar surface area (TPSA) is 535 Å². The van der Waals surface area contributed by atoms with Crippen LogP contribution in [0.3, 0.4) is 0 Å². The lowest BCUT2D eigenvalue weighted by Crippen LogP contribution is -2.62. The monoisotopic (exact) mass is 1380 g/mol. The summed E-state index contributed by atoms with van der Waals surface area (Å²) in [4.78, 5) is 190. The molecule has 0 aliphatic carbocycles. The molecule has 11 atom stereocenters. The summed E-state index contributed by atoms with van der Waals surface area (Å²) in [7, 11) is 0. The molecule has 0 radical (unpaired) electrons. The van der Waals surface area contributed by atoms with Crippen LogP contribution in [0.5, 0.6) is 0 Å². The lowest BCUT2D eigenvalue weighted by atomic mass is 10.0. The number of carbonyl (C=O) groups is 14. The first-order valence-corrected chi connectivity index (χ1v) is 30.7. The number of carboxylic acids is 2. The quantitative estimate of drug-likeness (QED) is 0.0139. The van der Waals surface area contributed by atoms with E-state index in [4.69, 9.17) is 36.3 Å². The average Bonchev–Trinajstić information content (AvgIpc) is 0.900. The van der Waals surface area contributed by atoms with E-state index in [-0.39, 0.29) is 45.6 Å². The van der Waals surface area contributed by atoms with E-state index in [1.54, 1.807) is 91.0 Å². The lowest BCUT2D eigenvalue weighted by molar-refractivity contribution is -0.154. The van der Waals surface area contributed by atoms with Crippen molar-refractivity contribution in [1.82, 2.24) is 58.5 Å². The van der Waals surface area contributed by atoms with Crippen molar-refractivity contribution in [1.29, 1.82) is 0 Å². The van der Waals surface area contributed by atoms with E-state index in [0.717, 1.165) is 19.9 Å². The zero-order chi connectivity index (χ0) is 71.6. The van der Waals surface area contributed by atoms with Crippen LogP contribution in [0.4, 0.5) is 14.4 Å². The molecule has 1 fully saturated rings. The Kier molecular flexibility index (Phi) is 33.7. The number of hydrogen-bond acceptors (Lipinski definition) is 22. The highest BCUT2D eigenvalue weighted by molar-refractivity contribution is 6.18. The summed E-state index contributed by atoms with van der Waals surface area (Å²) in [6, 6.07) is 8.76. The number of aliphatic carboxylic acids is 2. The van der Waals surface area contributed by atoms with Crippen LogP contribution in [0.25, 0.3) is 0 Å². The van der Waals surface area contributed by atoms with Gasteiger partial charge >= 0.3 is 36.2 Å². The Morgan fingerprint density at radius 2 is 0.979 bits per heavy atom. The number of carbonyl (C=O) groups excluding carboxylic acids is 12. The molecule has 1 aliphatic heterocycles. The lowest BCUT2D eigenvalue weighted by Gasteiger charge is -2.28. The van der Waals surface area contributed by atoms with Crippen molar-refractivity contribution in [2.75, 3.05) is 32.1 Å². The molecule has 0 saturated carbocycles. The predicted molar refractivity (Wildman–Crippen MR) is 336 cm³/mol. The first-order chi connectivity index (χ1) is 46.2. The van der Waals surface area contributed by atoms with Crippen molar-refractivity contribution in [2.45, 2.75) is 139 Å². The largest absolute Gasteiger partial charge is 0.481 e. The molecule has 97 heavy (non-hydrogen) atoms. The first kappa shape index (κ1) is 79.0. The number of ether oxygens (including phenoxy) is 4. The van der Waals surface area contributed by atoms with E-state index in [1.807, 2.05) is 10.6 Å². The highest BCUT2D eigenvalue weighted by Crippen LogP contribution is 2.11. The van der Waals surface area contributed by atoms with Gasteiger partial charge < -0.3 is 109 Å². The van der Waals surface area contributed by atoms with Crippen LogP contribution in [-0.4, -0.2) is 208 Å². The van der Waals surface area contributed by atoms with Crippen LogP contribution in [0, 0.1) is 0 Å². The van der Waals surface area contributed by atoms with Crippen molar-refractivity contribution in [3.63, 3.8) is 0 Å². The SMILES string of the molecule is C/C=C1\NC(=O)[C@H]([C@H](C)O)NC(=O)[C@H](CCNC(=O)OCc2ccccc2)NC(=O)[C@H](CCCCNC(=O)OCc2ccccc2)NC(=O)[C@H](CC(=O)O)NC(=O)[C@@H](CCNC(=O)OCc2ccccc2)NC(=O)[C@@H](N)COC(=O)[C@H]([C@H](O)CCl)NC(=O)[C@H]([C@H](O)C(=O)O)NC1=O. The summed E-state index contributed by atoms with van der Waals surface area (Å²) in [6.07, 6.45) is -11.6. The van der Waals surface area contributed by atoms with Gasteiger partial charge in [0.1, 0.15) is 74.4 Å². The van der Waals surface area contributed by atoms with Crippen molar-refractivity contribution in [3.8, 4) is 0 Å². The second-order valence-electron chi connectivity index (χ2n) is 21.5. The molecule has 11 amide bonds. The molecule has 0 aromatic heterocycles. The van der Waals surface area contributed by atoms with Gasteiger partial charge in [-0.3, -0.25) is 43.2 Å². The van der Waals surface area contributed by atoms with E-state index in [0.29, 0.717) is 16.7 Å². The predicted octanol–water partition coefficient (Wildman–Crippen LogP) is -3.09. The van der Waals surface area contributed by atoms with E-state index in [1.165, 1.54) is 0 Å². The summed E-state index contributed by atoms with van der Waals surface area (Å²) < 4.78 is 20.8. The molecule has 35 nitrogen and oxygen atoms in total. The number of halogens is 1. The Morgan fingerprint density at radius 3 is 1.42 bits per heavy atom. The van der Waals surface area contributed by atoms with Crippen LogP contribution >= 0.6 is 11.6 Å². The van der Waals surface area contributed by atoms with Crippen LogP contribution in [0.1, 0.15) is 69.1 Å². The number of hydrogen-bond donors (Lipinski definition) is 17. The van der Waals surface area contributed by atoms with Crippen molar-refractivity contribution >= 4 is 95.0 Å². The molecule has 1 saturated heterocycles. The molecule has 3 aromatic carbocycles. The number of nitrogens with one attached hydrogen (secondary N) is 11. The van der Waals surface area contributed by atoms with E-state index in [9.17, 15) is 92.7 Å². The second kappa shape index (κ2) is 41.4. The number of amides is 11. The van der Waals surface area contributed by atoms with Gasteiger partial charge in [-0.2, -0.15) is 0 Å². The molecule has 0 unspecified atom stereocenters. The number of unbranched alkanes of at least 4 members (excludes halogenated alkanes) is 1. The van der Waals surface area contributed by atoms with Crippen molar-refractivity contribution in [3.05, 3.63) is 119 Å². The number of cyclic esters (lactones) is 1. The summed E-state index contributed by atoms with van der Waals surface area (Å²) in [6.45, 7) is -0.594. The molecule has 528 valence electrons. The number of aliphatic hydroxyl groups is 3. The summed E-state index contributed by atoms with van der Waals surface area (Å²) in [5.41, 5.74) is 7.08. The number of benzene rings is 3. The number of alkyl carbamates (subject to hydrolysis) is 3. The maximum absolute atomic E-state index is 14.7. The number of allylic oxidation sites excluding steroid dienone is 1. The van der Waals surface area contributed by atoms with Gasteiger partial charge in [-0.25, -0.2) is 24.0 Å². The molecule has 1 aliphatic rings. The standard InChI is InChI=1S/C61H79ClN12O23/c1-3-38-50(81)74-47(48(79)57(88)89)56(87)73-46(43(76)28-62)58(90)94-32-37(63)49(80)68-40(22-25-65-60(92)96-30-35-17-9-5-10-18-35)52(83)71-42(27-44(77)78)54(85)69-39(21-13-14-24-64-59(91)95-29-34-15-7-4-8-16-34)51(82)70-41(53(84)72-45(33(2)75)55(86)67-38)23-26-66-61(93)97-31-36-19-11-6-12-20-36/h3-12,15-20,33,37,39-43,45-48,75-76,79H,13-14,21-32,63H2,1-2H3,(H,64,91)(H,65,92)(H,66,93)(H,67,86)(H,68,80)(H,69,85)(H,70,82)(H,71,83)(H,72,84)(H,73,87)(H,74,81)(H,77,78)(H,88,89)/b38-3-/t33-,37-,39-,40+,41-,42-,43+,45-,46-,47-,48-/m0/s1. The Morgan fingerprint density at radius 1 is 0.557 bits per heavy atom. The van der Waals surface area contributed by atoms with Gasteiger partial charge in [-0.1, -0.05) is 97.1 Å². The maximum Gasteiger partial charge on any atom is 0.407 e. The van der Waals surface area contributed by atoms with Gasteiger partial charge in [0.25, 0.3) is 5.91 Å². The Hall–Kier alpha value is -10.5. The summed E-state index contributed by atoms with van der Waals surface area (Å²) >= 11 is 5.82. The number of esters is 1. The zero-order valence-electron chi connectivity index (χ0n) is 52.5. The zero-order valence-corrected chi connectivity index (χ0v) is 53.3. The van der Waals surface area contributed by atoms with E-state index >= 15 is 0 Å². The molecular formula is C61H79ClN12O23. The molecule has 1 heterocycles. The van der Waals surface area contributed by atoms with Crippen LogP contribution in [0.15, 0.2) is 103 Å². The third-order valence-corrected chi connectivity index (χ3v) is 14.3. The fourth-order valence-electron chi connectivity index (χ4n) is 8.67. The third kappa shape index (κ3) is 28.2. The minimum absolute atomic E-state index is 0.0524. The van der Waals surface area contributed by atoms with E-state index in [2.05, 4.69) is 47.9 Å². The van der Waals surface area contributed by atoms with Crippen LogP contribution in [0.2, 0.25) is 0 Å². The Bertz CT molecular complexity index is 3230. The van der Waals surface area contributed by atoms with Gasteiger partial charge in [-0.05, 0) is 62.6 Å². The smallest absolute Gasteiger partial charge is 0.407 e. The summed E-state index contributed by atoms with van der Waals surface area (Å²) in [5.74, 6) is -17.5. The highest BCUT2D eigenvalue weighted by atomic mass is 35.5. The first-order valence-electron chi connectivity index (χ1n) is 30.1. The summed E-state index contributed by atoms with van der Waals surface area (Å²) in [5, 5.41) is 76.8. The van der Waals surface area contributed by atoms with Crippen LogP contribution in [-0.2, 0) is 91.5 Å². The molecular weight excluding hydrogens is 1300 g/mol. The van der Waals surface area contributed by atoms with Gasteiger partial charge in [0.15, 0.2) is 12.1 Å². The van der Waals surface area contributed by atoms with Crippen molar-refractivity contribution in [2.24, 2.45) is 5.73 Å². The van der Waals surface area contributed by atoms with Gasteiger partial charge in [0.05, 0.1) is 24.5 Å². The molecule has 36 heteroatoms. The fourth-order valence-corrected chi connectivity index (χ4v) is 8.85. The Balaban J connectivity index is 1.80. The molecule has 3 aromatic rings. The minimum atomic E-state index is -2.86. The number of alkyl halides is 1. The van der Waals surface area contributed by atoms with Crippen LogP contribution < -0.4 is 64.2 Å². The molecule has 18 N–H and O–H groups in total. The Labute approximate surface area is 559 Å². The number of aliphatic hydroxyl groups excluding tert-OH is 3.